The number of anilines is 1. The Kier molecular flexibility index (Phi) is 3.09. The summed E-state index contributed by atoms with van der Waals surface area (Å²) in [6, 6.07) is 8.64. The predicted molar refractivity (Wildman–Crippen MR) is 89.0 cm³/mol. The number of fused-ring (bicyclic) bond motifs is 2. The van der Waals surface area contributed by atoms with Gasteiger partial charge in [0.2, 0.25) is 0 Å². The maximum absolute atomic E-state index is 5.86. The molecule has 2 saturated carbocycles. The second-order valence-electron chi connectivity index (χ2n) is 7.40. The molecule has 0 amide bonds. The summed E-state index contributed by atoms with van der Waals surface area (Å²) in [5.41, 5.74) is 8.64. The van der Waals surface area contributed by atoms with Gasteiger partial charge in [0, 0.05) is 17.3 Å². The van der Waals surface area contributed by atoms with E-state index in [1.54, 1.807) is 0 Å². The highest BCUT2D eigenvalue weighted by Crippen LogP contribution is 2.63. The van der Waals surface area contributed by atoms with Gasteiger partial charge in [-0.15, -0.1) is 0 Å². The van der Waals surface area contributed by atoms with Crippen molar-refractivity contribution in [2.24, 2.45) is 22.5 Å². The van der Waals surface area contributed by atoms with Crippen molar-refractivity contribution in [2.75, 3.05) is 5.32 Å². The van der Waals surface area contributed by atoms with Crippen LogP contribution in [0.2, 0.25) is 0 Å². The van der Waals surface area contributed by atoms with Crippen LogP contribution in [0.3, 0.4) is 0 Å². The van der Waals surface area contributed by atoms with Crippen LogP contribution < -0.4 is 11.1 Å². The monoisotopic (exact) mass is 288 g/mol. The molecule has 2 fully saturated rings. The summed E-state index contributed by atoms with van der Waals surface area (Å²) < 4.78 is 0. The number of hydrogen-bond acceptors (Lipinski definition) is 2. The van der Waals surface area contributed by atoms with E-state index in [2.05, 4.69) is 32.2 Å². The topological polar surface area (TPSA) is 38.0 Å². The zero-order valence-corrected chi connectivity index (χ0v) is 13.4. The van der Waals surface area contributed by atoms with Gasteiger partial charge in [0.1, 0.15) is 4.99 Å². The van der Waals surface area contributed by atoms with Gasteiger partial charge >= 0.3 is 0 Å². The smallest absolute Gasteiger partial charge is 0.106 e. The first-order valence-corrected chi connectivity index (χ1v) is 7.91. The van der Waals surface area contributed by atoms with Crippen LogP contribution in [0.25, 0.3) is 0 Å². The Hall–Kier alpha value is -1.09. The maximum atomic E-state index is 5.86. The molecule has 2 nitrogen and oxygen atoms in total. The van der Waals surface area contributed by atoms with Crippen molar-refractivity contribution >= 4 is 22.9 Å². The summed E-state index contributed by atoms with van der Waals surface area (Å²) in [5, 5.41) is 3.79. The SMILES string of the molecule is CC12CCC(C1)C(C)(C)C2Nc1ccccc1C(N)=S. The van der Waals surface area contributed by atoms with Crippen LogP contribution in [0, 0.1) is 16.7 Å². The molecule has 3 unspecified atom stereocenters. The van der Waals surface area contributed by atoms with Crippen LogP contribution in [0.15, 0.2) is 24.3 Å². The fraction of sp³-hybridized carbons (Fsp3) is 0.588. The molecule has 3 rings (SSSR count). The molecule has 0 aliphatic heterocycles. The molecule has 20 heavy (non-hydrogen) atoms. The van der Waals surface area contributed by atoms with Crippen molar-refractivity contribution in [3.05, 3.63) is 29.8 Å². The molecule has 0 aromatic heterocycles. The average Bonchev–Trinajstić information content (AvgIpc) is 2.86. The molecule has 3 heteroatoms. The van der Waals surface area contributed by atoms with E-state index in [0.717, 1.165) is 17.2 Å². The Bertz CT molecular complexity index is 547. The quantitative estimate of drug-likeness (QED) is 0.827. The first-order chi connectivity index (χ1) is 9.34. The number of rotatable bonds is 3. The zero-order chi connectivity index (χ0) is 14.5. The molecule has 2 aliphatic carbocycles. The molecule has 2 bridgehead atoms. The van der Waals surface area contributed by atoms with E-state index < -0.39 is 0 Å². The molecule has 0 radical (unpaired) electrons. The third-order valence-corrected chi connectivity index (χ3v) is 5.98. The van der Waals surface area contributed by atoms with E-state index in [1.165, 1.54) is 19.3 Å². The van der Waals surface area contributed by atoms with Gasteiger partial charge in [0.25, 0.3) is 0 Å². The number of nitrogens with two attached hydrogens (primary N) is 1. The van der Waals surface area contributed by atoms with Crippen molar-refractivity contribution in [3.8, 4) is 0 Å². The largest absolute Gasteiger partial charge is 0.389 e. The minimum absolute atomic E-state index is 0.330. The molecule has 3 atom stereocenters. The fourth-order valence-corrected chi connectivity index (χ4v) is 4.82. The van der Waals surface area contributed by atoms with Gasteiger partial charge in [-0.2, -0.15) is 0 Å². The lowest BCUT2D eigenvalue weighted by atomic mass is 9.68. The summed E-state index contributed by atoms with van der Waals surface area (Å²) in [6.07, 6.45) is 4.04. The van der Waals surface area contributed by atoms with E-state index in [4.69, 9.17) is 18.0 Å². The lowest BCUT2D eigenvalue weighted by Gasteiger charge is -2.44. The normalized spacial score (nSPS) is 34.1. The van der Waals surface area contributed by atoms with Gasteiger partial charge in [0.05, 0.1) is 0 Å². The average molecular weight is 288 g/mol. The molecule has 0 spiro atoms. The predicted octanol–water partition coefficient (Wildman–Crippen LogP) is 3.95. The molecule has 1 aromatic rings. The molecule has 0 saturated heterocycles. The van der Waals surface area contributed by atoms with Gasteiger partial charge in [0.15, 0.2) is 0 Å². The molecule has 0 heterocycles. The van der Waals surface area contributed by atoms with E-state index in [9.17, 15) is 0 Å². The number of para-hydroxylation sites is 1. The molecular weight excluding hydrogens is 264 g/mol. The minimum atomic E-state index is 0.330. The summed E-state index contributed by atoms with van der Waals surface area (Å²) in [4.78, 5) is 0.471. The highest BCUT2D eigenvalue weighted by molar-refractivity contribution is 7.80. The van der Waals surface area contributed by atoms with Crippen LogP contribution in [0.1, 0.15) is 45.6 Å². The number of benzene rings is 1. The fourth-order valence-electron chi connectivity index (χ4n) is 4.64. The van der Waals surface area contributed by atoms with Crippen molar-refractivity contribution < 1.29 is 0 Å². The van der Waals surface area contributed by atoms with Crippen LogP contribution >= 0.6 is 12.2 Å². The molecule has 1 aromatic carbocycles. The highest BCUT2D eigenvalue weighted by atomic mass is 32.1. The molecular formula is C17H24N2S. The zero-order valence-electron chi connectivity index (χ0n) is 12.6. The van der Waals surface area contributed by atoms with Gasteiger partial charge in [-0.3, -0.25) is 0 Å². The van der Waals surface area contributed by atoms with Crippen LogP contribution in [-0.2, 0) is 0 Å². The van der Waals surface area contributed by atoms with Crippen LogP contribution in [0.5, 0.6) is 0 Å². The second kappa shape index (κ2) is 4.45. The Balaban J connectivity index is 1.94. The Morgan fingerprint density at radius 2 is 2.00 bits per heavy atom. The van der Waals surface area contributed by atoms with Gasteiger partial charge in [-0.25, -0.2) is 0 Å². The van der Waals surface area contributed by atoms with Crippen molar-refractivity contribution in [3.63, 3.8) is 0 Å². The summed E-state index contributed by atoms with van der Waals surface area (Å²) in [7, 11) is 0. The van der Waals surface area contributed by atoms with Gasteiger partial charge in [-0.1, -0.05) is 45.1 Å². The van der Waals surface area contributed by atoms with Gasteiger partial charge in [-0.05, 0) is 48.1 Å². The lowest BCUT2D eigenvalue weighted by molar-refractivity contribution is 0.155. The van der Waals surface area contributed by atoms with E-state index in [0.29, 0.717) is 21.9 Å². The van der Waals surface area contributed by atoms with E-state index in [1.807, 2.05) is 18.2 Å². The summed E-state index contributed by atoms with van der Waals surface area (Å²) in [6.45, 7) is 7.25. The standard InChI is InChI=1S/C17H24N2S/c1-16(2)11-8-9-17(3,10-11)15(16)19-13-7-5-4-6-12(13)14(18)20/h4-7,11,15,19H,8-10H2,1-3H3,(H2,18,20). The minimum Gasteiger partial charge on any atom is -0.389 e. The van der Waals surface area contributed by atoms with E-state index >= 15 is 0 Å². The second-order valence-corrected chi connectivity index (χ2v) is 7.84. The Morgan fingerprint density at radius 3 is 2.60 bits per heavy atom. The Morgan fingerprint density at radius 1 is 1.30 bits per heavy atom. The number of nitrogens with one attached hydrogen (secondary N) is 1. The third-order valence-electron chi connectivity index (χ3n) is 5.76. The van der Waals surface area contributed by atoms with Crippen molar-refractivity contribution in [1.29, 1.82) is 0 Å². The summed E-state index contributed by atoms with van der Waals surface area (Å²) in [5.74, 6) is 0.835. The molecule has 108 valence electrons. The first-order valence-electron chi connectivity index (χ1n) is 7.50. The van der Waals surface area contributed by atoms with Crippen molar-refractivity contribution in [1.82, 2.24) is 0 Å². The first kappa shape index (κ1) is 13.9. The van der Waals surface area contributed by atoms with Gasteiger partial charge < -0.3 is 11.1 Å². The maximum Gasteiger partial charge on any atom is 0.106 e. The number of hydrogen-bond donors (Lipinski definition) is 2. The highest BCUT2D eigenvalue weighted by Gasteiger charge is 2.59. The third kappa shape index (κ3) is 1.95. The lowest BCUT2D eigenvalue weighted by Crippen LogP contribution is -2.46. The Labute approximate surface area is 127 Å². The van der Waals surface area contributed by atoms with Crippen LogP contribution in [0.4, 0.5) is 5.69 Å². The van der Waals surface area contributed by atoms with E-state index in [-0.39, 0.29) is 0 Å². The van der Waals surface area contributed by atoms with Crippen molar-refractivity contribution in [2.45, 2.75) is 46.1 Å². The summed E-state index contributed by atoms with van der Waals surface area (Å²) >= 11 is 5.18. The molecule has 2 aliphatic rings. The van der Waals surface area contributed by atoms with Crippen LogP contribution in [-0.4, -0.2) is 11.0 Å². The number of thiocarbonyl (C=S) groups is 1. The molecule has 3 N–H and O–H groups in total.